The molecule has 0 aliphatic carbocycles. The minimum atomic E-state index is -0.132. The maximum absolute atomic E-state index is 12.6. The zero-order valence-corrected chi connectivity index (χ0v) is 20.8. The summed E-state index contributed by atoms with van der Waals surface area (Å²) in [6.45, 7) is 3.68. The van der Waals surface area contributed by atoms with E-state index in [0.717, 1.165) is 37.3 Å². The minimum absolute atomic E-state index is 0.132. The molecule has 0 saturated heterocycles. The first-order chi connectivity index (χ1) is 17.2. The van der Waals surface area contributed by atoms with Gasteiger partial charge in [-0.05, 0) is 49.1 Å². The lowest BCUT2D eigenvalue weighted by Gasteiger charge is -2.13. The normalized spacial score (nSPS) is 10.5. The summed E-state index contributed by atoms with van der Waals surface area (Å²) in [4.78, 5) is 12.6. The number of hydrogen-bond donors (Lipinski definition) is 2. The summed E-state index contributed by atoms with van der Waals surface area (Å²) in [7, 11) is 0. The Balaban J connectivity index is 1.40. The Morgan fingerprint density at radius 1 is 0.771 bits per heavy atom. The summed E-state index contributed by atoms with van der Waals surface area (Å²) in [6.07, 6.45) is 7.92. The molecule has 5 nitrogen and oxygen atoms in total. The van der Waals surface area contributed by atoms with Crippen LogP contribution in [-0.2, 0) is 11.2 Å². The number of anilines is 2. The van der Waals surface area contributed by atoms with Gasteiger partial charge in [-0.3, -0.25) is 4.79 Å². The van der Waals surface area contributed by atoms with Crippen molar-refractivity contribution >= 4 is 17.3 Å². The lowest BCUT2D eigenvalue weighted by molar-refractivity contribution is -0.114. The van der Waals surface area contributed by atoms with Gasteiger partial charge in [0.1, 0.15) is 11.5 Å². The first kappa shape index (κ1) is 26.1. The highest BCUT2D eigenvalue weighted by atomic mass is 16.5. The van der Waals surface area contributed by atoms with Crippen LogP contribution in [-0.4, -0.2) is 25.7 Å². The van der Waals surface area contributed by atoms with Gasteiger partial charge in [-0.25, -0.2) is 0 Å². The Hall–Kier alpha value is -3.47. The molecular formula is C30H38N2O3. The summed E-state index contributed by atoms with van der Waals surface area (Å²) in [5, 5.41) is 6.14. The molecule has 0 heterocycles. The molecule has 0 aliphatic heterocycles. The number of benzene rings is 3. The van der Waals surface area contributed by atoms with Crippen LogP contribution in [0.15, 0.2) is 78.9 Å². The second kappa shape index (κ2) is 15.4. The summed E-state index contributed by atoms with van der Waals surface area (Å²) >= 11 is 0. The largest absolute Gasteiger partial charge is 0.494 e. The van der Waals surface area contributed by atoms with Crippen LogP contribution in [0.25, 0.3) is 0 Å². The number of rotatable bonds is 16. The fourth-order valence-corrected chi connectivity index (χ4v) is 3.77. The van der Waals surface area contributed by atoms with Crippen LogP contribution in [0.5, 0.6) is 11.5 Å². The van der Waals surface area contributed by atoms with E-state index in [-0.39, 0.29) is 12.5 Å². The minimum Gasteiger partial charge on any atom is -0.494 e. The Kier molecular flexibility index (Phi) is 11.5. The molecule has 0 unspecified atom stereocenters. The van der Waals surface area contributed by atoms with Crippen molar-refractivity contribution in [3.8, 4) is 11.5 Å². The van der Waals surface area contributed by atoms with E-state index >= 15 is 0 Å². The number of aryl methyl sites for hydroxylation is 1. The molecular weight excluding hydrogens is 436 g/mol. The summed E-state index contributed by atoms with van der Waals surface area (Å²) < 4.78 is 11.8. The highest BCUT2D eigenvalue weighted by Gasteiger charge is 2.08. The van der Waals surface area contributed by atoms with Crippen LogP contribution in [0, 0.1) is 0 Å². The van der Waals surface area contributed by atoms with Gasteiger partial charge in [-0.2, -0.15) is 0 Å². The van der Waals surface area contributed by atoms with E-state index in [0.29, 0.717) is 18.0 Å². The van der Waals surface area contributed by atoms with Crippen molar-refractivity contribution in [2.24, 2.45) is 0 Å². The van der Waals surface area contributed by atoms with Crippen LogP contribution in [0.3, 0.4) is 0 Å². The van der Waals surface area contributed by atoms with Crippen molar-refractivity contribution < 1.29 is 14.3 Å². The van der Waals surface area contributed by atoms with Gasteiger partial charge in [0.2, 0.25) is 5.91 Å². The van der Waals surface area contributed by atoms with E-state index in [1.165, 1.54) is 31.2 Å². The number of hydrogen-bond acceptors (Lipinski definition) is 4. The molecule has 0 bridgehead atoms. The monoisotopic (exact) mass is 474 g/mol. The van der Waals surface area contributed by atoms with Crippen LogP contribution >= 0.6 is 0 Å². The maximum atomic E-state index is 12.6. The third-order valence-electron chi connectivity index (χ3n) is 5.68. The van der Waals surface area contributed by atoms with Gasteiger partial charge in [-0.1, -0.05) is 81.1 Å². The third kappa shape index (κ3) is 10.1. The van der Waals surface area contributed by atoms with E-state index in [4.69, 9.17) is 9.47 Å². The van der Waals surface area contributed by atoms with Crippen molar-refractivity contribution in [2.45, 2.75) is 51.9 Å². The molecule has 0 aromatic heterocycles. The molecule has 0 aliphatic rings. The molecule has 3 rings (SSSR count). The fraction of sp³-hybridized carbons (Fsp3) is 0.367. The van der Waals surface area contributed by atoms with Crippen LogP contribution in [0.2, 0.25) is 0 Å². The van der Waals surface area contributed by atoms with Gasteiger partial charge in [-0.15, -0.1) is 0 Å². The quantitative estimate of drug-likeness (QED) is 0.217. The average molecular weight is 475 g/mol. The number of para-hydroxylation sites is 2. The Morgan fingerprint density at radius 3 is 2.40 bits per heavy atom. The molecule has 2 N–H and O–H groups in total. The second-order valence-corrected chi connectivity index (χ2v) is 8.63. The first-order valence-corrected chi connectivity index (χ1v) is 12.8. The molecule has 3 aromatic rings. The van der Waals surface area contributed by atoms with Crippen molar-refractivity contribution in [1.29, 1.82) is 0 Å². The lowest BCUT2D eigenvalue weighted by atomic mass is 10.1. The molecule has 186 valence electrons. The highest BCUT2D eigenvalue weighted by molar-refractivity contribution is 5.95. The number of carbonyl (C=O) groups excluding carboxylic acids is 1. The smallest absolute Gasteiger partial charge is 0.243 e. The maximum Gasteiger partial charge on any atom is 0.243 e. The van der Waals surface area contributed by atoms with Gasteiger partial charge in [0.25, 0.3) is 0 Å². The van der Waals surface area contributed by atoms with Crippen LogP contribution < -0.4 is 20.1 Å². The molecule has 35 heavy (non-hydrogen) atoms. The SMILES string of the molecule is CCCCCCCOc1cccc(NCC(=O)Nc2ccccc2OCCCc2ccccc2)c1. The van der Waals surface area contributed by atoms with E-state index in [9.17, 15) is 4.79 Å². The van der Waals surface area contributed by atoms with Gasteiger partial charge >= 0.3 is 0 Å². The molecule has 0 spiro atoms. The Labute approximate surface area is 209 Å². The molecule has 0 atom stereocenters. The molecule has 3 aromatic carbocycles. The molecule has 0 saturated carbocycles. The number of carbonyl (C=O) groups is 1. The van der Waals surface area contributed by atoms with Crippen molar-refractivity contribution in [1.82, 2.24) is 0 Å². The van der Waals surface area contributed by atoms with E-state index in [2.05, 4.69) is 29.7 Å². The number of unbranched alkanes of at least 4 members (excludes halogenated alkanes) is 4. The molecule has 0 fully saturated rings. The number of ether oxygens (including phenoxy) is 2. The predicted octanol–water partition coefficient (Wildman–Crippen LogP) is 7.10. The standard InChI is InChI=1S/C30H38N2O3/c1-2-3-4-5-11-21-34-27-18-12-17-26(23-27)31-24-30(33)32-28-19-9-10-20-29(28)35-22-13-16-25-14-7-6-8-15-25/h6-10,12,14-15,17-20,23,31H,2-5,11,13,16,21-22,24H2,1H3,(H,32,33). The van der Waals surface area contributed by atoms with Gasteiger partial charge in [0.15, 0.2) is 0 Å². The first-order valence-electron chi connectivity index (χ1n) is 12.8. The van der Waals surface area contributed by atoms with Gasteiger partial charge in [0.05, 0.1) is 25.4 Å². The summed E-state index contributed by atoms with van der Waals surface area (Å²) in [5.74, 6) is 1.37. The van der Waals surface area contributed by atoms with E-state index in [1.54, 1.807) is 0 Å². The predicted molar refractivity (Wildman–Crippen MR) is 145 cm³/mol. The van der Waals surface area contributed by atoms with Crippen molar-refractivity contribution in [3.63, 3.8) is 0 Å². The summed E-state index contributed by atoms with van der Waals surface area (Å²) in [5.41, 5.74) is 2.83. The molecule has 1 amide bonds. The van der Waals surface area contributed by atoms with E-state index < -0.39 is 0 Å². The van der Waals surface area contributed by atoms with Crippen LogP contribution in [0.4, 0.5) is 11.4 Å². The van der Waals surface area contributed by atoms with Crippen molar-refractivity contribution in [2.75, 3.05) is 30.4 Å². The highest BCUT2D eigenvalue weighted by Crippen LogP contribution is 2.24. The average Bonchev–Trinajstić information content (AvgIpc) is 2.89. The zero-order valence-electron chi connectivity index (χ0n) is 20.8. The summed E-state index contributed by atoms with van der Waals surface area (Å²) in [6, 6.07) is 25.7. The van der Waals surface area contributed by atoms with E-state index in [1.807, 2.05) is 66.7 Å². The zero-order chi connectivity index (χ0) is 24.6. The number of amides is 1. The molecule has 0 radical (unpaired) electrons. The Morgan fingerprint density at radius 2 is 1.54 bits per heavy atom. The van der Waals surface area contributed by atoms with Crippen molar-refractivity contribution in [3.05, 3.63) is 84.4 Å². The third-order valence-corrected chi connectivity index (χ3v) is 5.68. The fourth-order valence-electron chi connectivity index (χ4n) is 3.77. The van der Waals surface area contributed by atoms with Gasteiger partial charge in [0, 0.05) is 11.8 Å². The molecule has 5 heteroatoms. The lowest BCUT2D eigenvalue weighted by Crippen LogP contribution is -2.22. The van der Waals surface area contributed by atoms with Crippen LogP contribution in [0.1, 0.15) is 51.0 Å². The topological polar surface area (TPSA) is 59.6 Å². The van der Waals surface area contributed by atoms with Gasteiger partial charge < -0.3 is 20.1 Å². The Bertz CT molecular complexity index is 1010. The second-order valence-electron chi connectivity index (χ2n) is 8.63. The number of nitrogens with one attached hydrogen (secondary N) is 2.